The van der Waals surface area contributed by atoms with Gasteiger partial charge in [0.1, 0.15) is 0 Å². The molecule has 0 radical (unpaired) electrons. The van der Waals surface area contributed by atoms with Crippen molar-refractivity contribution >= 4 is 28.6 Å². The lowest BCUT2D eigenvalue weighted by Crippen LogP contribution is -2.03. The largest absolute Gasteiger partial charge is 0.750 e. The van der Waals surface area contributed by atoms with Crippen LogP contribution in [-0.4, -0.2) is 20.4 Å². The molecule has 72 valence electrons. The molecule has 0 aliphatic rings. The summed E-state index contributed by atoms with van der Waals surface area (Å²) in [5.41, 5.74) is 5.02. The molecule has 0 aromatic rings. The second-order valence-corrected chi connectivity index (χ2v) is 2.77. The molecule has 0 rings (SSSR count). The Morgan fingerprint density at radius 2 is 2.33 bits per heavy atom. The molecule has 0 amide bonds. The minimum Gasteiger partial charge on any atom is -0.750 e. The van der Waals surface area contributed by atoms with Crippen molar-refractivity contribution in [2.75, 3.05) is 6.61 Å². The van der Waals surface area contributed by atoms with Crippen molar-refractivity contribution in [3.63, 3.8) is 0 Å². The van der Waals surface area contributed by atoms with Crippen LogP contribution < -0.4 is 5.73 Å². The summed E-state index contributed by atoms with van der Waals surface area (Å²) in [5.74, 6) is 0. The molecule has 12 heavy (non-hydrogen) atoms. The molecule has 0 fully saturated rings. The Morgan fingerprint density at radius 1 is 1.92 bits per heavy atom. The highest BCUT2D eigenvalue weighted by atomic mass is 32.2. The first-order valence-corrected chi connectivity index (χ1v) is 4.57. The van der Waals surface area contributed by atoms with Crippen LogP contribution in [0.5, 0.6) is 0 Å². The summed E-state index contributed by atoms with van der Waals surface area (Å²) < 4.78 is 23.0. The van der Waals surface area contributed by atoms with Crippen LogP contribution in [0.2, 0.25) is 0 Å². The molecule has 0 aliphatic heterocycles. The van der Waals surface area contributed by atoms with Gasteiger partial charge in [0.2, 0.25) is 0 Å². The van der Waals surface area contributed by atoms with Crippen molar-refractivity contribution in [3.8, 4) is 0 Å². The van der Waals surface area contributed by atoms with Crippen molar-refractivity contribution in [1.29, 1.82) is 0 Å². The molecule has 2 N–H and O–H groups in total. The molecular formula is C6H12NO3S2-. The molecule has 0 spiro atoms. The van der Waals surface area contributed by atoms with Crippen LogP contribution >= 0.6 is 12.2 Å². The lowest BCUT2D eigenvalue weighted by atomic mass is 10.5. The average molecular weight is 210 g/mol. The molecule has 0 bridgehead atoms. The van der Waals surface area contributed by atoms with Crippen LogP contribution in [0.4, 0.5) is 0 Å². The van der Waals surface area contributed by atoms with Gasteiger partial charge < -0.3 is 10.3 Å². The Morgan fingerprint density at radius 3 is 2.42 bits per heavy atom. The van der Waals surface area contributed by atoms with Crippen LogP contribution in [-0.2, 0) is 15.5 Å². The molecule has 1 unspecified atom stereocenters. The van der Waals surface area contributed by atoms with Gasteiger partial charge in [0.25, 0.3) is 0 Å². The highest BCUT2D eigenvalue weighted by molar-refractivity contribution is 7.80. The molecule has 6 heteroatoms. The molecule has 0 aromatic heterocycles. The molecule has 0 saturated heterocycles. The van der Waals surface area contributed by atoms with Gasteiger partial charge in [-0.25, -0.2) is 4.21 Å². The fourth-order valence-electron chi connectivity index (χ4n) is 0.104. The lowest BCUT2D eigenvalue weighted by molar-refractivity contribution is 0.334. The van der Waals surface area contributed by atoms with Crippen LogP contribution in [0.15, 0.2) is 12.7 Å². The quantitative estimate of drug-likeness (QED) is 0.419. The molecule has 0 saturated carbocycles. The van der Waals surface area contributed by atoms with Gasteiger partial charge in [-0.15, -0.1) is 6.58 Å². The maximum absolute atomic E-state index is 9.49. The molecule has 0 aliphatic carbocycles. The predicted octanol–water partition coefficient (Wildman–Crippen LogP) is 0.666. The number of hydrogen-bond acceptors (Lipinski definition) is 4. The minimum atomic E-state index is -2.39. The first-order chi connectivity index (χ1) is 5.54. The van der Waals surface area contributed by atoms with Gasteiger partial charge in [0.15, 0.2) is 0 Å². The van der Waals surface area contributed by atoms with Crippen LogP contribution in [0.3, 0.4) is 0 Å². The summed E-state index contributed by atoms with van der Waals surface area (Å²) in [6, 6.07) is 0. The fraction of sp³-hybridized carbons (Fsp3) is 0.500. The second-order valence-electron chi connectivity index (χ2n) is 1.60. The Bertz CT molecular complexity index is 161. The zero-order valence-corrected chi connectivity index (χ0v) is 8.45. The molecule has 0 aromatic carbocycles. The predicted molar refractivity (Wildman–Crippen MR) is 52.1 cm³/mol. The van der Waals surface area contributed by atoms with E-state index in [-0.39, 0.29) is 6.61 Å². The van der Waals surface area contributed by atoms with Crippen molar-refractivity contribution in [2.45, 2.75) is 13.3 Å². The average Bonchev–Trinajstić information content (AvgIpc) is 2.02. The van der Waals surface area contributed by atoms with E-state index in [1.54, 1.807) is 0 Å². The summed E-state index contributed by atoms with van der Waals surface area (Å²) in [6.07, 6.45) is 2.17. The maximum atomic E-state index is 9.49. The SMILES string of the molecule is C=CCOS(=O)[O-].CCC(N)=S. The van der Waals surface area contributed by atoms with Crippen molar-refractivity contribution in [1.82, 2.24) is 0 Å². The van der Waals surface area contributed by atoms with E-state index in [0.29, 0.717) is 4.99 Å². The monoisotopic (exact) mass is 210 g/mol. The first-order valence-electron chi connectivity index (χ1n) is 3.16. The Labute approximate surface area is 80.3 Å². The van der Waals surface area contributed by atoms with Gasteiger partial charge in [-0.05, 0) is 6.42 Å². The third-order valence-electron chi connectivity index (χ3n) is 0.631. The van der Waals surface area contributed by atoms with E-state index in [2.05, 4.69) is 23.0 Å². The van der Waals surface area contributed by atoms with E-state index in [9.17, 15) is 8.76 Å². The molecular weight excluding hydrogens is 198 g/mol. The van der Waals surface area contributed by atoms with E-state index < -0.39 is 11.4 Å². The zero-order valence-electron chi connectivity index (χ0n) is 6.82. The van der Waals surface area contributed by atoms with Crippen molar-refractivity contribution < 1.29 is 12.9 Å². The standard InChI is InChI=1S/C3H7NS.C3H6O3S/c1-2-3(4)5;1-2-3-6-7(4)5/h2H2,1H3,(H2,4,5);2H,1,3H2,(H,4,5)/p-1. The zero-order chi connectivity index (χ0) is 9.98. The third-order valence-corrected chi connectivity index (χ3v) is 1.25. The van der Waals surface area contributed by atoms with E-state index in [0.717, 1.165) is 6.42 Å². The van der Waals surface area contributed by atoms with Gasteiger partial charge in [-0.2, -0.15) is 0 Å². The maximum Gasteiger partial charge on any atom is 0.0845 e. The summed E-state index contributed by atoms with van der Waals surface area (Å²) >= 11 is 2.09. The molecule has 0 heterocycles. The van der Waals surface area contributed by atoms with Gasteiger partial charge in [0, 0.05) is 0 Å². The fourth-order valence-corrected chi connectivity index (χ4v) is 0.311. The van der Waals surface area contributed by atoms with Crippen LogP contribution in [0.1, 0.15) is 13.3 Å². The van der Waals surface area contributed by atoms with Crippen molar-refractivity contribution in [2.24, 2.45) is 5.73 Å². The number of nitrogens with two attached hydrogens (primary N) is 1. The van der Waals surface area contributed by atoms with Crippen LogP contribution in [0, 0.1) is 0 Å². The highest BCUT2D eigenvalue weighted by Crippen LogP contribution is 1.75. The van der Waals surface area contributed by atoms with E-state index in [4.69, 9.17) is 5.73 Å². The highest BCUT2D eigenvalue weighted by Gasteiger charge is 1.73. The van der Waals surface area contributed by atoms with Crippen molar-refractivity contribution in [3.05, 3.63) is 12.7 Å². The molecule has 4 nitrogen and oxygen atoms in total. The summed E-state index contributed by atoms with van der Waals surface area (Å²) in [7, 11) is 0. The van der Waals surface area contributed by atoms with E-state index >= 15 is 0 Å². The van der Waals surface area contributed by atoms with Gasteiger partial charge in [-0.3, -0.25) is 4.18 Å². The summed E-state index contributed by atoms with van der Waals surface area (Å²) in [6.45, 7) is 5.22. The third kappa shape index (κ3) is 22.6. The van der Waals surface area contributed by atoms with E-state index in [1.165, 1.54) is 6.08 Å². The number of thiocarbonyl (C=S) groups is 1. The number of rotatable bonds is 4. The Kier molecular flexibility index (Phi) is 12.7. The van der Waals surface area contributed by atoms with Gasteiger partial charge in [-0.1, -0.05) is 25.2 Å². The van der Waals surface area contributed by atoms with Crippen LogP contribution in [0.25, 0.3) is 0 Å². The minimum absolute atomic E-state index is 0.0517. The Balaban J connectivity index is 0. The van der Waals surface area contributed by atoms with Gasteiger partial charge >= 0.3 is 0 Å². The molecule has 1 atom stereocenters. The van der Waals surface area contributed by atoms with E-state index in [1.807, 2.05) is 6.92 Å². The summed E-state index contributed by atoms with van der Waals surface area (Å²) in [5, 5.41) is 0. The lowest BCUT2D eigenvalue weighted by Gasteiger charge is -1.99. The normalized spacial score (nSPS) is 10.8. The van der Waals surface area contributed by atoms with Gasteiger partial charge in [0.05, 0.1) is 23.0 Å². The Hall–Kier alpha value is -0.300. The number of hydrogen-bond donors (Lipinski definition) is 1. The smallest absolute Gasteiger partial charge is 0.0845 e. The second kappa shape index (κ2) is 10.7. The summed E-state index contributed by atoms with van der Waals surface area (Å²) in [4.78, 5) is 0.588. The topological polar surface area (TPSA) is 75.4 Å². The first kappa shape index (κ1) is 14.2.